The fourth-order valence-corrected chi connectivity index (χ4v) is 1.83. The molecule has 2 rings (SSSR count). The SMILES string of the molecule is COc1ccc(NC(=O)CCc2cocn2)cc1Cl. The van der Waals surface area contributed by atoms with Gasteiger partial charge in [-0.25, -0.2) is 4.98 Å². The minimum absolute atomic E-state index is 0.107. The highest BCUT2D eigenvalue weighted by Crippen LogP contribution is 2.27. The molecular weight excluding hydrogens is 268 g/mol. The number of hydrogen-bond donors (Lipinski definition) is 1. The predicted octanol–water partition coefficient (Wildman–Crippen LogP) is 2.91. The Kier molecular flexibility index (Phi) is 4.41. The minimum Gasteiger partial charge on any atom is -0.495 e. The number of aryl methyl sites for hydroxylation is 1. The number of rotatable bonds is 5. The highest BCUT2D eigenvalue weighted by Gasteiger charge is 2.07. The van der Waals surface area contributed by atoms with E-state index in [0.29, 0.717) is 29.3 Å². The summed E-state index contributed by atoms with van der Waals surface area (Å²) in [6.07, 6.45) is 3.73. The lowest BCUT2D eigenvalue weighted by atomic mass is 10.2. The third kappa shape index (κ3) is 3.72. The number of ether oxygens (including phenoxy) is 1. The molecule has 0 fully saturated rings. The summed E-state index contributed by atoms with van der Waals surface area (Å²) in [7, 11) is 1.54. The highest BCUT2D eigenvalue weighted by molar-refractivity contribution is 6.32. The molecule has 5 nitrogen and oxygen atoms in total. The molecule has 0 unspecified atom stereocenters. The molecule has 1 N–H and O–H groups in total. The summed E-state index contributed by atoms with van der Waals surface area (Å²) < 4.78 is 9.87. The number of carbonyl (C=O) groups is 1. The van der Waals surface area contributed by atoms with Gasteiger partial charge >= 0.3 is 0 Å². The number of anilines is 1. The maximum atomic E-state index is 11.7. The Morgan fingerprint density at radius 2 is 2.37 bits per heavy atom. The Labute approximate surface area is 115 Å². The van der Waals surface area contributed by atoms with E-state index in [1.165, 1.54) is 19.8 Å². The standard InChI is InChI=1S/C13H13ClN2O3/c1-18-12-4-2-9(6-11(12)14)16-13(17)5-3-10-7-19-8-15-10/h2,4,6-8H,3,5H2,1H3,(H,16,17). The lowest BCUT2D eigenvalue weighted by Gasteiger charge is -2.07. The molecule has 0 radical (unpaired) electrons. The zero-order valence-electron chi connectivity index (χ0n) is 10.4. The van der Waals surface area contributed by atoms with Gasteiger partial charge < -0.3 is 14.5 Å². The van der Waals surface area contributed by atoms with Crippen molar-refractivity contribution in [1.82, 2.24) is 4.98 Å². The Balaban J connectivity index is 1.90. The van der Waals surface area contributed by atoms with Crippen LogP contribution in [0.2, 0.25) is 5.02 Å². The molecule has 0 saturated carbocycles. The predicted molar refractivity (Wildman–Crippen MR) is 71.5 cm³/mol. The third-order valence-electron chi connectivity index (χ3n) is 2.53. The molecule has 100 valence electrons. The van der Waals surface area contributed by atoms with Crippen LogP contribution in [0.1, 0.15) is 12.1 Å². The van der Waals surface area contributed by atoms with Crippen molar-refractivity contribution in [3.8, 4) is 5.75 Å². The van der Waals surface area contributed by atoms with Gasteiger partial charge in [0.05, 0.1) is 17.8 Å². The van der Waals surface area contributed by atoms with Crippen molar-refractivity contribution in [2.24, 2.45) is 0 Å². The van der Waals surface area contributed by atoms with Gasteiger partial charge in [0.25, 0.3) is 0 Å². The number of benzene rings is 1. The van der Waals surface area contributed by atoms with E-state index < -0.39 is 0 Å². The van der Waals surface area contributed by atoms with Crippen LogP contribution in [0.5, 0.6) is 5.75 Å². The largest absolute Gasteiger partial charge is 0.495 e. The lowest BCUT2D eigenvalue weighted by molar-refractivity contribution is -0.116. The Morgan fingerprint density at radius 1 is 1.53 bits per heavy atom. The first-order chi connectivity index (χ1) is 9.19. The van der Waals surface area contributed by atoms with Crippen molar-refractivity contribution in [3.05, 3.63) is 41.6 Å². The Morgan fingerprint density at radius 3 is 3.00 bits per heavy atom. The second kappa shape index (κ2) is 6.24. The first-order valence-electron chi connectivity index (χ1n) is 5.69. The van der Waals surface area contributed by atoms with E-state index in [1.807, 2.05) is 0 Å². The molecule has 1 heterocycles. The van der Waals surface area contributed by atoms with Gasteiger partial charge in [0.1, 0.15) is 12.0 Å². The zero-order chi connectivity index (χ0) is 13.7. The van der Waals surface area contributed by atoms with E-state index in [0.717, 1.165) is 5.69 Å². The maximum absolute atomic E-state index is 11.7. The summed E-state index contributed by atoms with van der Waals surface area (Å²) in [5.41, 5.74) is 1.39. The smallest absolute Gasteiger partial charge is 0.224 e. The van der Waals surface area contributed by atoms with Crippen LogP contribution in [0.25, 0.3) is 0 Å². The number of halogens is 1. The molecule has 1 aromatic heterocycles. The molecule has 1 aromatic carbocycles. The number of carbonyl (C=O) groups excluding carboxylic acids is 1. The first kappa shape index (κ1) is 13.4. The quantitative estimate of drug-likeness (QED) is 0.914. The number of aromatic nitrogens is 1. The van der Waals surface area contributed by atoms with Crippen LogP contribution < -0.4 is 10.1 Å². The van der Waals surface area contributed by atoms with Crippen LogP contribution in [0.4, 0.5) is 5.69 Å². The van der Waals surface area contributed by atoms with Gasteiger partial charge in [0.15, 0.2) is 6.39 Å². The summed E-state index contributed by atoms with van der Waals surface area (Å²) in [5.74, 6) is 0.464. The van der Waals surface area contributed by atoms with Crippen LogP contribution >= 0.6 is 11.6 Å². The van der Waals surface area contributed by atoms with E-state index in [1.54, 1.807) is 18.2 Å². The average molecular weight is 281 g/mol. The monoisotopic (exact) mass is 280 g/mol. The van der Waals surface area contributed by atoms with Crippen molar-refractivity contribution in [1.29, 1.82) is 0 Å². The average Bonchev–Trinajstić information content (AvgIpc) is 2.90. The molecule has 19 heavy (non-hydrogen) atoms. The first-order valence-corrected chi connectivity index (χ1v) is 6.07. The van der Waals surface area contributed by atoms with E-state index in [-0.39, 0.29) is 5.91 Å². The second-order valence-corrected chi connectivity index (χ2v) is 4.28. The number of amides is 1. The van der Waals surface area contributed by atoms with Gasteiger partial charge in [0, 0.05) is 18.5 Å². The van der Waals surface area contributed by atoms with Crippen molar-refractivity contribution >= 4 is 23.2 Å². The summed E-state index contributed by atoms with van der Waals surface area (Å²) in [6, 6.07) is 5.09. The maximum Gasteiger partial charge on any atom is 0.224 e. The number of nitrogens with one attached hydrogen (secondary N) is 1. The summed E-state index contributed by atoms with van der Waals surface area (Å²) in [6.45, 7) is 0. The van der Waals surface area contributed by atoms with Crippen LogP contribution in [-0.4, -0.2) is 18.0 Å². The normalized spacial score (nSPS) is 10.2. The van der Waals surface area contributed by atoms with Crippen LogP contribution in [0.15, 0.2) is 35.3 Å². The molecule has 0 bridgehead atoms. The van der Waals surface area contributed by atoms with E-state index >= 15 is 0 Å². The van der Waals surface area contributed by atoms with Gasteiger partial charge in [-0.2, -0.15) is 0 Å². The van der Waals surface area contributed by atoms with E-state index in [4.69, 9.17) is 20.8 Å². The molecule has 6 heteroatoms. The van der Waals surface area contributed by atoms with Gasteiger partial charge in [0.2, 0.25) is 5.91 Å². The zero-order valence-corrected chi connectivity index (χ0v) is 11.1. The fraction of sp³-hybridized carbons (Fsp3) is 0.231. The van der Waals surface area contributed by atoms with Crippen molar-refractivity contribution in [3.63, 3.8) is 0 Å². The van der Waals surface area contributed by atoms with Gasteiger partial charge in [-0.15, -0.1) is 0 Å². The van der Waals surface area contributed by atoms with Crippen LogP contribution in [-0.2, 0) is 11.2 Å². The number of methoxy groups -OCH3 is 1. The summed E-state index contributed by atoms with van der Waals surface area (Å²) in [5, 5.41) is 3.21. The highest BCUT2D eigenvalue weighted by atomic mass is 35.5. The molecule has 1 amide bonds. The number of nitrogens with zero attached hydrogens (tertiary/aromatic N) is 1. The number of hydrogen-bond acceptors (Lipinski definition) is 4. The fourth-order valence-electron chi connectivity index (χ4n) is 1.57. The lowest BCUT2D eigenvalue weighted by Crippen LogP contribution is -2.12. The topological polar surface area (TPSA) is 64.4 Å². The minimum atomic E-state index is -0.107. The third-order valence-corrected chi connectivity index (χ3v) is 2.82. The second-order valence-electron chi connectivity index (χ2n) is 3.88. The molecular formula is C13H13ClN2O3. The van der Waals surface area contributed by atoms with Gasteiger partial charge in [-0.1, -0.05) is 11.6 Å². The van der Waals surface area contributed by atoms with Crippen LogP contribution in [0.3, 0.4) is 0 Å². The molecule has 0 aliphatic carbocycles. The molecule has 0 aliphatic heterocycles. The Hall–Kier alpha value is -2.01. The molecule has 2 aromatic rings. The molecule has 0 aliphatic rings. The summed E-state index contributed by atoms with van der Waals surface area (Å²) in [4.78, 5) is 15.7. The van der Waals surface area contributed by atoms with Crippen molar-refractivity contribution < 1.29 is 13.9 Å². The van der Waals surface area contributed by atoms with E-state index in [9.17, 15) is 4.79 Å². The molecule has 0 spiro atoms. The molecule has 0 atom stereocenters. The van der Waals surface area contributed by atoms with Gasteiger partial charge in [-0.05, 0) is 18.2 Å². The van der Waals surface area contributed by atoms with E-state index in [2.05, 4.69) is 10.3 Å². The summed E-state index contributed by atoms with van der Waals surface area (Å²) >= 11 is 5.97. The Bertz CT molecular complexity index is 555. The number of oxazole rings is 1. The van der Waals surface area contributed by atoms with Crippen molar-refractivity contribution in [2.45, 2.75) is 12.8 Å². The van der Waals surface area contributed by atoms with Gasteiger partial charge in [-0.3, -0.25) is 4.79 Å². The van der Waals surface area contributed by atoms with Crippen LogP contribution in [0, 0.1) is 0 Å². The van der Waals surface area contributed by atoms with Crippen molar-refractivity contribution in [2.75, 3.05) is 12.4 Å². The molecule has 0 saturated heterocycles.